The first kappa shape index (κ1) is 99.5. The van der Waals surface area contributed by atoms with Gasteiger partial charge in [0.25, 0.3) is 0 Å². The van der Waals surface area contributed by atoms with E-state index in [-0.39, 0.29) is 0 Å². The normalized spacial score (nSPS) is 45.2. The Morgan fingerprint density at radius 3 is 1.20 bits per heavy atom. The molecule has 9 saturated heterocycles. The zero-order chi connectivity index (χ0) is 90.1. The van der Waals surface area contributed by atoms with Crippen LogP contribution in [0.4, 0.5) is 0 Å². The number of nitrogens with one attached hydrogen (secondary N) is 6. The lowest BCUT2D eigenvalue weighted by Crippen LogP contribution is -2.71. The van der Waals surface area contributed by atoms with Crippen molar-refractivity contribution in [2.75, 3.05) is 66.3 Å². The molecule has 3 amide bonds. The number of carbonyl (C=O) groups excluding carboxylic acids is 3. The van der Waals surface area contributed by atoms with Crippen LogP contribution in [0.15, 0.2) is 56.9 Å². The molecule has 45 atom stereocenters. The summed E-state index contributed by atoms with van der Waals surface area (Å²) in [6, 6.07) is -24.2. The van der Waals surface area contributed by atoms with E-state index in [0.29, 0.717) is 0 Å². The third-order valence-corrected chi connectivity index (χ3v) is 21.9. The molecule has 9 aliphatic rings. The number of ether oxygens (including phenoxy) is 17. The monoisotopic (exact) mass is 1780 g/mol. The van der Waals surface area contributed by atoms with E-state index in [1.54, 1.807) is 0 Å². The van der Waals surface area contributed by atoms with E-state index in [1.165, 1.54) is 14.0 Å². The summed E-state index contributed by atoms with van der Waals surface area (Å²) < 4.78 is 103. The first-order valence-corrected chi connectivity index (χ1v) is 38.0. The van der Waals surface area contributed by atoms with Crippen LogP contribution < -0.4 is 32.3 Å². The summed E-state index contributed by atoms with van der Waals surface area (Å²) in [5.74, 6) is -2.58. The van der Waals surface area contributed by atoms with Gasteiger partial charge in [-0.2, -0.15) is 54.0 Å². The van der Waals surface area contributed by atoms with E-state index in [0.717, 1.165) is 20.8 Å². The maximum absolute atomic E-state index is 14.0. The van der Waals surface area contributed by atoms with E-state index in [9.17, 15) is 135 Å². The lowest BCUT2D eigenvalue weighted by atomic mass is 9.92. The van der Waals surface area contributed by atoms with Crippen molar-refractivity contribution >= 4 is 17.7 Å². The SMILES string of the molecule is CNC1C(O)[C@H](O[C@@H]2OC(CO)[C@H](N=O)C(N=O)C2O)C(CO)O[C@H]1OC1C(N=O)[C@H](O)C(CN=O)O[C@@H]1OCC1O[C@@H](O[C@@H]2C(CO)O[C@@H](O[C@@H]3C(CN=O)O[C@@H](C)C(NNC(C)=O)C3O)C(NC(C)=O)C2O)C(N=O)C(O[C@H]2OC(CN=O)[C@@H](N=O)C(N=O)C2O[C@@H]2OC(CO)[C@@H](O[C@@H]3OC(CO)[C@H](O)C(N=O)C3O)C(N=O)C2NNC(C)=O)[C@@H]1O. The minimum atomic E-state index is -2.62. The molecule has 19 N–H and O–H groups in total. The number of likely N-dealkylation sites (N-methyl/N-ethyl adjacent to an activating group) is 1. The number of nitroso groups, excluding NO2 is 11. The van der Waals surface area contributed by atoms with Gasteiger partial charge in [-0.05, 0) is 14.0 Å². The summed E-state index contributed by atoms with van der Waals surface area (Å²) in [4.78, 5) is 176. The second-order valence-corrected chi connectivity index (χ2v) is 29.5. The van der Waals surface area contributed by atoms with E-state index in [2.05, 4.69) is 89.3 Å². The molecule has 27 unspecified atom stereocenters. The first-order valence-electron chi connectivity index (χ1n) is 38.0. The fourth-order valence-corrected chi connectivity index (χ4v) is 15.7. The Morgan fingerprint density at radius 2 is 0.683 bits per heavy atom. The van der Waals surface area contributed by atoms with Crippen molar-refractivity contribution in [3.05, 3.63) is 54.0 Å². The lowest BCUT2D eigenvalue weighted by molar-refractivity contribution is -0.373. The van der Waals surface area contributed by atoms with E-state index >= 15 is 0 Å². The molecule has 0 aromatic carbocycles. The van der Waals surface area contributed by atoms with Gasteiger partial charge in [0.1, 0.15) is 196 Å². The first-order chi connectivity index (χ1) is 59.0. The Bertz CT molecular complexity index is 3530. The minimum absolute atomic E-state index is 0.651. The van der Waals surface area contributed by atoms with Crippen molar-refractivity contribution in [1.29, 1.82) is 0 Å². The number of hydrogen-bond acceptors (Lipinski definition) is 58. The number of rotatable bonds is 42. The topological polar surface area (TPSA) is 867 Å². The molecule has 61 heteroatoms. The van der Waals surface area contributed by atoms with Crippen LogP contribution in [0.1, 0.15) is 27.7 Å². The average molecular weight is 1780 g/mol. The van der Waals surface area contributed by atoms with Crippen molar-refractivity contribution < 1.29 is 161 Å². The van der Waals surface area contributed by atoms with Crippen LogP contribution in [0.3, 0.4) is 0 Å². The molecule has 694 valence electrons. The van der Waals surface area contributed by atoms with Crippen LogP contribution in [0.25, 0.3) is 0 Å². The number of nitrogens with zero attached hydrogens (tertiary/aromatic N) is 11. The highest BCUT2D eigenvalue weighted by Crippen LogP contribution is 2.42. The third-order valence-electron chi connectivity index (χ3n) is 21.9. The standard InChI is InChI=1S/C62H97N17O44/c1-15-28(70-68-17(3)86)43(91)49(21(108-15)8-66-98)118-57-38(67-16(2)85)45(93)51(26(13-84)115-57)119-58-39(79-106)52(121-62-53(32(75-102)29(72-99)19(109-62)6-64-96)122-55-34(71-69-18(4)87)33(76-103)48(24(11-82)113-55)117-60-47(95)35(77-104)41(89)23(10-81)112-60)42(90)27(116-58)14-107-61-54(36(78-105)40(88)20(110-61)7-65-97)123-56-37(63-5)44(92)50(25(12-83)114-56)120-59-46(94)31(74-101)30(73-100)22(9-80)111-59/h15,19-63,70-71,80-84,88-95H,6-14H2,1-5H3,(H,67,85)(H,68,86)(H,69,87)/t15-,19?,20?,21?,22?,23?,24?,25?,26?,27?,28?,29+,30-,31?,32?,33?,34?,35?,36?,37?,38?,39?,40+,41-,42+,43?,44?,45?,46?,47?,48+,49+,50+,51+,52?,53?,54?,55-,56-,57-,58-,59-,60-,61-,62+/m0/s1. The molecule has 0 bridgehead atoms. The van der Waals surface area contributed by atoms with Crippen molar-refractivity contribution in [2.45, 2.75) is 303 Å². The van der Waals surface area contributed by atoms with Gasteiger partial charge in [-0.25, -0.2) is 10.9 Å². The van der Waals surface area contributed by atoms with Gasteiger partial charge in [0.05, 0.1) is 57.8 Å². The Morgan fingerprint density at radius 1 is 0.301 bits per heavy atom. The van der Waals surface area contributed by atoms with E-state index < -0.39 is 352 Å². The highest BCUT2D eigenvalue weighted by Gasteiger charge is 2.63. The molecule has 61 nitrogen and oxygen atoms in total. The van der Waals surface area contributed by atoms with Gasteiger partial charge >= 0.3 is 0 Å². The maximum atomic E-state index is 14.0. The van der Waals surface area contributed by atoms with Crippen molar-refractivity contribution in [3.8, 4) is 0 Å². The summed E-state index contributed by atoms with van der Waals surface area (Å²) in [5, 5.41) is 183. The van der Waals surface area contributed by atoms with Crippen LogP contribution >= 0.6 is 0 Å². The summed E-state index contributed by atoms with van der Waals surface area (Å²) >= 11 is 0. The molecule has 9 heterocycles. The van der Waals surface area contributed by atoms with Gasteiger partial charge < -0.3 is 158 Å². The van der Waals surface area contributed by atoms with E-state index in [4.69, 9.17) is 80.5 Å². The molecule has 9 rings (SSSR count). The van der Waals surface area contributed by atoms with Crippen LogP contribution in [-0.4, -0.2) is 426 Å². The highest BCUT2D eigenvalue weighted by molar-refractivity contribution is 5.73. The van der Waals surface area contributed by atoms with Crippen molar-refractivity contribution in [1.82, 2.24) is 32.3 Å². The molecule has 0 aliphatic carbocycles. The Hall–Kier alpha value is -7.31. The smallest absolute Gasteiger partial charge is 0.230 e. The largest absolute Gasteiger partial charge is 0.394 e. The number of hydrogen-bond donors (Lipinski definition) is 19. The second kappa shape index (κ2) is 45.9. The summed E-state index contributed by atoms with van der Waals surface area (Å²) in [6.45, 7) is -5.57. The summed E-state index contributed by atoms with van der Waals surface area (Å²) in [5.41, 5.74) is 9.34. The predicted octanol–water partition coefficient (Wildman–Crippen LogP) is -11.4. The average Bonchev–Trinajstić information content (AvgIpc) is 0.762. The number of carbonyl (C=O) groups is 3. The third kappa shape index (κ3) is 22.1. The zero-order valence-electron chi connectivity index (χ0n) is 65.2. The fourth-order valence-electron chi connectivity index (χ4n) is 15.7. The maximum Gasteiger partial charge on any atom is 0.230 e. The molecule has 0 spiro atoms. The number of aliphatic hydroxyl groups is 13. The predicted molar refractivity (Wildman–Crippen MR) is 388 cm³/mol. The quantitative estimate of drug-likeness (QED) is 0.0199. The molecule has 0 aromatic rings. The number of aliphatic hydroxyl groups excluding tert-OH is 13. The van der Waals surface area contributed by atoms with E-state index in [1.807, 2.05) is 0 Å². The Kier molecular flexibility index (Phi) is 37.1. The van der Waals surface area contributed by atoms with Gasteiger partial charge in [-0.1, -0.05) is 56.9 Å². The highest BCUT2D eigenvalue weighted by atomic mass is 16.8. The molecule has 9 fully saturated rings. The van der Waals surface area contributed by atoms with Crippen molar-refractivity contribution in [2.24, 2.45) is 56.9 Å². The molecule has 0 saturated carbocycles. The molecule has 0 radical (unpaired) electrons. The van der Waals surface area contributed by atoms with Gasteiger partial charge in [0.2, 0.25) is 17.7 Å². The van der Waals surface area contributed by atoms with Gasteiger partial charge in [0.15, 0.2) is 80.5 Å². The minimum Gasteiger partial charge on any atom is -0.394 e. The zero-order valence-corrected chi connectivity index (χ0v) is 65.2. The molecular weight excluding hydrogens is 1690 g/mol. The lowest BCUT2D eigenvalue weighted by Gasteiger charge is -2.50. The summed E-state index contributed by atoms with van der Waals surface area (Å²) in [6.07, 6.45) is -68.7. The van der Waals surface area contributed by atoms with Crippen LogP contribution in [0.2, 0.25) is 0 Å². The van der Waals surface area contributed by atoms with Gasteiger partial charge in [-0.3, -0.25) is 25.2 Å². The van der Waals surface area contributed by atoms with Gasteiger partial charge in [-0.15, -0.1) is 0 Å². The molecule has 123 heavy (non-hydrogen) atoms. The Balaban J connectivity index is 1.11. The summed E-state index contributed by atoms with van der Waals surface area (Å²) in [7, 11) is 1.19. The van der Waals surface area contributed by atoms with Gasteiger partial charge in [0, 0.05) is 20.8 Å². The van der Waals surface area contributed by atoms with Crippen molar-refractivity contribution in [3.63, 3.8) is 0 Å². The van der Waals surface area contributed by atoms with Crippen LogP contribution in [0.5, 0.6) is 0 Å². The molecular formula is C62H97N17O44. The Labute approximate surface area is 690 Å². The molecule has 9 aliphatic heterocycles. The number of amides is 3. The molecule has 0 aromatic heterocycles. The fraction of sp³-hybridized carbons (Fsp3) is 0.952. The van der Waals surface area contributed by atoms with Crippen LogP contribution in [-0.2, 0) is 94.9 Å². The number of hydrazine groups is 2. The van der Waals surface area contributed by atoms with Crippen LogP contribution in [0, 0.1) is 54.0 Å². The second-order valence-electron chi connectivity index (χ2n) is 29.5.